The van der Waals surface area contributed by atoms with E-state index >= 15 is 0 Å². The van der Waals surface area contributed by atoms with Crippen molar-refractivity contribution in [3.8, 4) is 5.75 Å². The highest BCUT2D eigenvalue weighted by Gasteiger charge is 2.53. The lowest BCUT2D eigenvalue weighted by molar-refractivity contribution is -0.129. The number of aliphatic hydroxyl groups excluding tert-OH is 1. The van der Waals surface area contributed by atoms with Gasteiger partial charge in [-0.05, 0) is 47.5 Å². The van der Waals surface area contributed by atoms with Crippen LogP contribution in [0.2, 0.25) is 5.02 Å². The zero-order chi connectivity index (χ0) is 28.4. The number of rotatable bonds is 13. The van der Waals surface area contributed by atoms with Crippen LogP contribution >= 0.6 is 11.6 Å². The Morgan fingerprint density at radius 1 is 1.23 bits per heavy atom. The van der Waals surface area contributed by atoms with Crippen LogP contribution in [0, 0.1) is 0 Å². The van der Waals surface area contributed by atoms with Gasteiger partial charge in [0.25, 0.3) is 5.91 Å². The largest absolute Gasteiger partial charge is 0.494 e. The van der Waals surface area contributed by atoms with E-state index in [2.05, 4.69) is 27.5 Å². The molecule has 0 aliphatic carbocycles. The molecule has 40 heavy (non-hydrogen) atoms. The number of hydrazine groups is 1. The average molecular weight is 561 g/mol. The number of carbonyl (C=O) groups is 1. The minimum atomic E-state index is -1.46. The van der Waals surface area contributed by atoms with Crippen LogP contribution in [-0.4, -0.2) is 35.7 Å². The fourth-order valence-electron chi connectivity index (χ4n) is 4.34. The monoisotopic (exact) mass is 560 g/mol. The molecule has 0 saturated heterocycles. The maximum Gasteiger partial charge on any atom is 0.266 e. The second-order valence-corrected chi connectivity index (χ2v) is 9.40. The van der Waals surface area contributed by atoms with E-state index < -0.39 is 17.6 Å². The average Bonchev–Trinajstić information content (AvgIpc) is 3.34. The van der Waals surface area contributed by atoms with E-state index in [1.807, 2.05) is 12.1 Å². The Morgan fingerprint density at radius 3 is 2.75 bits per heavy atom. The molecule has 3 N–H and O–H groups in total. The predicted molar refractivity (Wildman–Crippen MR) is 153 cm³/mol. The number of ether oxygens (including phenoxy) is 2. The number of nitrogens with zero attached hydrogens (tertiary/aromatic N) is 4. The van der Waals surface area contributed by atoms with Crippen molar-refractivity contribution in [3.63, 3.8) is 0 Å². The van der Waals surface area contributed by atoms with Gasteiger partial charge >= 0.3 is 0 Å². The summed E-state index contributed by atoms with van der Waals surface area (Å²) in [6.45, 7) is 4.62. The van der Waals surface area contributed by atoms with Gasteiger partial charge < -0.3 is 14.6 Å². The molecule has 206 valence electrons. The zero-order valence-corrected chi connectivity index (χ0v) is 22.4. The summed E-state index contributed by atoms with van der Waals surface area (Å²) in [6, 6.07) is 21.3. The summed E-state index contributed by atoms with van der Waals surface area (Å²) in [5.41, 5.74) is 15.8. The lowest BCUT2D eigenvalue weighted by Crippen LogP contribution is -2.52. The smallest absolute Gasteiger partial charge is 0.266 e. The molecule has 0 radical (unpaired) electrons. The van der Waals surface area contributed by atoms with Gasteiger partial charge in [-0.25, -0.2) is 10.4 Å². The summed E-state index contributed by atoms with van der Waals surface area (Å²) in [7, 11) is 0. The van der Waals surface area contributed by atoms with Crippen molar-refractivity contribution in [1.82, 2.24) is 10.9 Å². The minimum absolute atomic E-state index is 0.0445. The first-order chi connectivity index (χ1) is 19.5. The van der Waals surface area contributed by atoms with Crippen LogP contribution in [0.1, 0.15) is 35.6 Å². The van der Waals surface area contributed by atoms with Crippen molar-refractivity contribution >= 4 is 29.1 Å². The van der Waals surface area contributed by atoms with Crippen LogP contribution in [0.4, 0.5) is 5.69 Å². The van der Waals surface area contributed by atoms with Gasteiger partial charge in [0.15, 0.2) is 11.6 Å². The molecule has 11 heteroatoms. The summed E-state index contributed by atoms with van der Waals surface area (Å²) in [6.07, 6.45) is 1.34. The van der Waals surface area contributed by atoms with Crippen LogP contribution in [0.25, 0.3) is 10.4 Å². The lowest BCUT2D eigenvalue weighted by atomic mass is 9.84. The molecule has 3 aromatic rings. The van der Waals surface area contributed by atoms with Gasteiger partial charge in [-0.15, -0.1) is 6.58 Å². The van der Waals surface area contributed by atoms with Gasteiger partial charge in [-0.2, -0.15) is 0 Å². The topological polar surface area (TPSA) is 141 Å². The highest BCUT2D eigenvalue weighted by Crippen LogP contribution is 2.45. The number of hydrogen-bond acceptors (Lipinski definition) is 7. The summed E-state index contributed by atoms with van der Waals surface area (Å²) in [5.74, 6) is 0.421. The molecule has 0 fully saturated rings. The number of halogens is 1. The Labute approximate surface area is 236 Å². The Bertz CT molecular complexity index is 1420. The molecule has 1 amide bonds. The zero-order valence-electron chi connectivity index (χ0n) is 21.7. The normalized spacial score (nSPS) is 17.8. The van der Waals surface area contributed by atoms with Gasteiger partial charge in [0.2, 0.25) is 5.90 Å². The SMILES string of the molecule is C=CC[C@]1(C(=O)NNCc2cccc(Cl)c2)N=C(c2ccc(OCCCO)cc2)O[C@H]1c1ccccc1N=[N+]=[N-]. The third-order valence-corrected chi connectivity index (χ3v) is 6.48. The van der Waals surface area contributed by atoms with Gasteiger partial charge in [0, 0.05) is 52.7 Å². The quantitative estimate of drug-likeness (QED) is 0.0614. The van der Waals surface area contributed by atoms with Crippen LogP contribution in [0.3, 0.4) is 0 Å². The van der Waals surface area contributed by atoms with Crippen LogP contribution in [0.15, 0.2) is 95.6 Å². The predicted octanol–water partition coefficient (Wildman–Crippen LogP) is 5.70. The molecule has 2 atom stereocenters. The van der Waals surface area contributed by atoms with E-state index in [9.17, 15) is 4.79 Å². The van der Waals surface area contributed by atoms with E-state index in [0.717, 1.165) is 5.56 Å². The van der Waals surface area contributed by atoms with Gasteiger partial charge in [-0.1, -0.05) is 59.2 Å². The fourth-order valence-corrected chi connectivity index (χ4v) is 4.56. The number of benzene rings is 3. The molecule has 1 aliphatic rings. The first kappa shape index (κ1) is 28.7. The minimum Gasteiger partial charge on any atom is -0.494 e. The lowest BCUT2D eigenvalue weighted by Gasteiger charge is -2.30. The molecule has 0 unspecified atom stereocenters. The second kappa shape index (κ2) is 13.6. The maximum absolute atomic E-state index is 13.9. The summed E-state index contributed by atoms with van der Waals surface area (Å²) in [4.78, 5) is 21.6. The van der Waals surface area contributed by atoms with Gasteiger partial charge in [-0.3, -0.25) is 10.2 Å². The number of aliphatic hydroxyl groups is 1. The Morgan fingerprint density at radius 2 is 2.02 bits per heavy atom. The summed E-state index contributed by atoms with van der Waals surface area (Å²) >= 11 is 6.08. The second-order valence-electron chi connectivity index (χ2n) is 8.97. The van der Waals surface area contributed by atoms with E-state index in [1.165, 1.54) is 0 Å². The van der Waals surface area contributed by atoms with Crippen LogP contribution in [0.5, 0.6) is 5.75 Å². The number of hydrogen-bond donors (Lipinski definition) is 3. The third kappa shape index (κ3) is 6.62. The summed E-state index contributed by atoms with van der Waals surface area (Å²) in [5, 5.41) is 13.4. The van der Waals surface area contributed by atoms with Gasteiger partial charge in [0.1, 0.15) is 5.75 Å². The van der Waals surface area contributed by atoms with E-state index in [-0.39, 0.29) is 18.9 Å². The molecular formula is C29H29ClN6O4. The maximum atomic E-state index is 13.9. The number of carbonyl (C=O) groups excluding carboxylic acids is 1. The number of amides is 1. The van der Waals surface area contributed by atoms with Crippen molar-refractivity contribution < 1.29 is 19.4 Å². The Hall–Kier alpha value is -4.34. The molecule has 0 bridgehead atoms. The van der Waals surface area contributed by atoms with Crippen molar-refractivity contribution in [1.29, 1.82) is 0 Å². The molecule has 0 saturated carbocycles. The first-order valence-corrected chi connectivity index (χ1v) is 13.0. The Balaban J connectivity index is 1.67. The van der Waals surface area contributed by atoms with E-state index in [1.54, 1.807) is 66.7 Å². The molecule has 10 nitrogen and oxygen atoms in total. The van der Waals surface area contributed by atoms with Crippen molar-refractivity contribution in [2.75, 3.05) is 13.2 Å². The first-order valence-electron chi connectivity index (χ1n) is 12.6. The third-order valence-electron chi connectivity index (χ3n) is 6.24. The molecule has 0 aromatic heterocycles. The molecule has 1 aliphatic heterocycles. The molecular weight excluding hydrogens is 532 g/mol. The van der Waals surface area contributed by atoms with Crippen molar-refractivity contribution in [2.45, 2.75) is 31.0 Å². The number of azide groups is 1. The van der Waals surface area contributed by atoms with Gasteiger partial charge in [0.05, 0.1) is 6.61 Å². The molecule has 0 spiro atoms. The molecule has 1 heterocycles. The Kier molecular flexibility index (Phi) is 9.77. The highest BCUT2D eigenvalue weighted by molar-refractivity contribution is 6.30. The fraction of sp³-hybridized carbons (Fsp3) is 0.241. The molecule has 3 aromatic carbocycles. The van der Waals surface area contributed by atoms with E-state index in [0.29, 0.717) is 47.2 Å². The number of aliphatic imine (C=N–C) groups is 1. The van der Waals surface area contributed by atoms with E-state index in [4.69, 9.17) is 36.7 Å². The number of nitrogens with one attached hydrogen (secondary N) is 2. The van der Waals surface area contributed by atoms with Crippen molar-refractivity contribution in [2.24, 2.45) is 10.1 Å². The van der Waals surface area contributed by atoms with Crippen molar-refractivity contribution in [3.05, 3.63) is 118 Å². The summed E-state index contributed by atoms with van der Waals surface area (Å²) < 4.78 is 12.0. The van der Waals surface area contributed by atoms with Crippen LogP contribution in [-0.2, 0) is 16.1 Å². The molecule has 4 rings (SSSR count). The standard InChI is InChI=1S/C29H29ClN6O4/c1-2-15-29(28(38)35-32-19-20-7-5-8-22(30)18-20)26(24-9-3-4-10-25(24)34-36-31)40-27(33-29)21-11-13-23(14-12-21)39-17-6-16-37/h2-5,7-14,18,26,32,37H,1,6,15-17,19H2,(H,35,38)/t26-,29-/m0/s1. The van der Waals surface area contributed by atoms with Crippen LogP contribution < -0.4 is 15.6 Å². The highest BCUT2D eigenvalue weighted by atomic mass is 35.5.